The van der Waals surface area contributed by atoms with Gasteiger partial charge in [0, 0.05) is 22.4 Å². The molecule has 1 saturated heterocycles. The summed E-state index contributed by atoms with van der Waals surface area (Å²) in [6, 6.07) is 6.70. The fraction of sp³-hybridized carbons (Fsp3) is 0.353. The molecule has 0 unspecified atom stereocenters. The van der Waals surface area contributed by atoms with Crippen LogP contribution >= 0.6 is 11.6 Å². The maximum absolute atomic E-state index is 12.4. The lowest BCUT2D eigenvalue weighted by atomic mass is 9.77. The number of nitrogens with zero attached hydrogens (tertiary/aromatic N) is 2. The van der Waals surface area contributed by atoms with Crippen molar-refractivity contribution in [2.75, 3.05) is 5.32 Å². The quantitative estimate of drug-likeness (QED) is 0.853. The molecule has 0 bridgehead atoms. The third-order valence-corrected chi connectivity index (χ3v) is 4.82. The van der Waals surface area contributed by atoms with Crippen LogP contribution in [0.1, 0.15) is 38.2 Å². The number of hydrogen-bond acceptors (Lipinski definition) is 5. The molecule has 2 aromatic rings. The van der Waals surface area contributed by atoms with E-state index in [1.165, 1.54) is 12.5 Å². The van der Waals surface area contributed by atoms with Gasteiger partial charge in [-0.05, 0) is 52.0 Å². The molecule has 130 valence electrons. The molecule has 1 aliphatic heterocycles. The van der Waals surface area contributed by atoms with Crippen LogP contribution in [0.4, 0.5) is 5.69 Å². The first-order valence-corrected chi connectivity index (χ1v) is 8.30. The van der Waals surface area contributed by atoms with Crippen molar-refractivity contribution in [1.82, 2.24) is 9.97 Å². The number of nitrogens with one attached hydrogen (secondary N) is 1. The van der Waals surface area contributed by atoms with Gasteiger partial charge in [0.1, 0.15) is 12.0 Å². The molecule has 1 amide bonds. The van der Waals surface area contributed by atoms with Crippen molar-refractivity contribution in [3.8, 4) is 0 Å². The van der Waals surface area contributed by atoms with Crippen molar-refractivity contribution in [3.05, 3.63) is 47.5 Å². The van der Waals surface area contributed by atoms with Crippen molar-refractivity contribution in [2.45, 2.75) is 38.9 Å². The zero-order valence-electron chi connectivity index (χ0n) is 14.5. The smallest absolute Gasteiger partial charge is 0.399 e. The largest absolute Gasteiger partial charge is 0.497 e. The molecule has 0 aliphatic carbocycles. The second-order valence-electron chi connectivity index (χ2n) is 6.87. The Kier molecular flexibility index (Phi) is 4.57. The minimum atomic E-state index is -0.635. The highest BCUT2D eigenvalue weighted by molar-refractivity contribution is 6.64. The molecule has 1 N–H and O–H groups in total. The Morgan fingerprint density at radius 2 is 1.84 bits per heavy atom. The molecule has 0 atom stereocenters. The highest BCUT2D eigenvalue weighted by Gasteiger charge is 2.52. The summed E-state index contributed by atoms with van der Waals surface area (Å²) in [7, 11) is -0.635. The summed E-state index contributed by atoms with van der Waals surface area (Å²) in [5.74, 6) is -0.345. The number of rotatable bonds is 3. The lowest BCUT2D eigenvalue weighted by molar-refractivity contribution is 0.00578. The van der Waals surface area contributed by atoms with Gasteiger partial charge in [0.25, 0.3) is 5.91 Å². The molecule has 8 heteroatoms. The molecule has 0 spiro atoms. The highest BCUT2D eigenvalue weighted by Crippen LogP contribution is 2.37. The average molecular weight is 360 g/mol. The van der Waals surface area contributed by atoms with Gasteiger partial charge in [0.15, 0.2) is 0 Å². The van der Waals surface area contributed by atoms with E-state index in [-0.39, 0.29) is 11.6 Å². The third-order valence-electron chi connectivity index (χ3n) is 4.58. The van der Waals surface area contributed by atoms with E-state index in [0.717, 1.165) is 0 Å². The Balaban J connectivity index is 1.91. The maximum Gasteiger partial charge on any atom is 0.497 e. The Bertz CT molecular complexity index is 783. The van der Waals surface area contributed by atoms with E-state index in [1.54, 1.807) is 24.3 Å². The summed E-state index contributed by atoms with van der Waals surface area (Å²) in [6.07, 6.45) is 2.84. The van der Waals surface area contributed by atoms with Crippen molar-refractivity contribution in [2.24, 2.45) is 0 Å². The predicted molar refractivity (Wildman–Crippen MR) is 97.2 cm³/mol. The molecule has 6 nitrogen and oxygen atoms in total. The molecule has 1 aromatic heterocycles. The maximum atomic E-state index is 12.4. The fourth-order valence-corrected chi connectivity index (χ4v) is 2.60. The molecular formula is C17H19BClN3O3. The van der Waals surface area contributed by atoms with E-state index >= 15 is 0 Å². The number of amides is 1. The van der Waals surface area contributed by atoms with Gasteiger partial charge in [0.2, 0.25) is 0 Å². The van der Waals surface area contributed by atoms with Crippen LogP contribution in [0.2, 0.25) is 5.02 Å². The van der Waals surface area contributed by atoms with Gasteiger partial charge >= 0.3 is 7.12 Å². The van der Waals surface area contributed by atoms with Crippen LogP contribution in [0.5, 0.6) is 0 Å². The summed E-state index contributed by atoms with van der Waals surface area (Å²) in [4.78, 5) is 20.2. The summed E-state index contributed by atoms with van der Waals surface area (Å²) < 4.78 is 12.2. The molecule has 0 saturated carbocycles. The minimum Gasteiger partial charge on any atom is -0.399 e. The standard InChI is InChI=1S/C17H19BClN3O3/c1-16(2)17(3,4)25-18(24-16)12-9-11(19)5-6-13(12)22-15(23)14-7-8-20-10-21-14/h5-10H,1-4H3,(H,22,23). The molecule has 1 aromatic carbocycles. The van der Waals surface area contributed by atoms with Crippen LogP contribution in [0.3, 0.4) is 0 Å². The first kappa shape index (κ1) is 17.9. The molecule has 0 radical (unpaired) electrons. The second kappa shape index (κ2) is 6.40. The van der Waals surface area contributed by atoms with Gasteiger partial charge < -0.3 is 14.6 Å². The summed E-state index contributed by atoms with van der Waals surface area (Å²) in [6.45, 7) is 7.88. The Labute approximate surface area is 152 Å². The number of halogens is 1. The van der Waals surface area contributed by atoms with Crippen LogP contribution < -0.4 is 10.8 Å². The van der Waals surface area contributed by atoms with Gasteiger partial charge in [-0.15, -0.1) is 0 Å². The Morgan fingerprint density at radius 3 is 2.44 bits per heavy atom. The summed E-state index contributed by atoms with van der Waals surface area (Å²) in [5.41, 5.74) is 0.506. The van der Waals surface area contributed by atoms with Crippen LogP contribution in [-0.2, 0) is 9.31 Å². The van der Waals surface area contributed by atoms with Gasteiger partial charge in [-0.2, -0.15) is 0 Å². The van der Waals surface area contributed by atoms with Gasteiger partial charge in [0.05, 0.1) is 11.2 Å². The molecule has 1 aliphatic rings. The van der Waals surface area contributed by atoms with E-state index in [2.05, 4.69) is 15.3 Å². The SMILES string of the molecule is CC1(C)OB(c2cc(Cl)ccc2NC(=O)c2ccncn2)OC1(C)C. The minimum absolute atomic E-state index is 0.268. The van der Waals surface area contributed by atoms with E-state index < -0.39 is 18.3 Å². The van der Waals surface area contributed by atoms with Gasteiger partial charge in [-0.25, -0.2) is 9.97 Å². The topological polar surface area (TPSA) is 73.3 Å². The average Bonchev–Trinajstić information content (AvgIpc) is 2.78. The number of anilines is 1. The van der Waals surface area contributed by atoms with Crippen molar-refractivity contribution in [1.29, 1.82) is 0 Å². The van der Waals surface area contributed by atoms with Crippen LogP contribution in [0.15, 0.2) is 36.8 Å². The van der Waals surface area contributed by atoms with Crippen molar-refractivity contribution in [3.63, 3.8) is 0 Å². The number of hydrogen-bond donors (Lipinski definition) is 1. The second-order valence-corrected chi connectivity index (χ2v) is 7.31. The van der Waals surface area contributed by atoms with E-state index in [4.69, 9.17) is 20.9 Å². The van der Waals surface area contributed by atoms with E-state index in [0.29, 0.717) is 16.2 Å². The molecule has 1 fully saturated rings. The lowest BCUT2D eigenvalue weighted by Crippen LogP contribution is -2.41. The Morgan fingerprint density at radius 1 is 1.16 bits per heavy atom. The third kappa shape index (κ3) is 3.54. The monoisotopic (exact) mass is 359 g/mol. The van der Waals surface area contributed by atoms with Gasteiger partial charge in [-0.1, -0.05) is 11.6 Å². The number of carbonyl (C=O) groups excluding carboxylic acids is 1. The first-order chi connectivity index (χ1) is 11.7. The molecule has 2 heterocycles. The molecule has 3 rings (SSSR count). The molecular weight excluding hydrogens is 340 g/mol. The highest BCUT2D eigenvalue weighted by atomic mass is 35.5. The van der Waals surface area contributed by atoms with E-state index in [9.17, 15) is 4.79 Å². The van der Waals surface area contributed by atoms with Crippen molar-refractivity contribution >= 4 is 35.8 Å². The first-order valence-electron chi connectivity index (χ1n) is 7.92. The van der Waals surface area contributed by atoms with Crippen molar-refractivity contribution < 1.29 is 14.1 Å². The lowest BCUT2D eigenvalue weighted by Gasteiger charge is -2.32. The normalized spacial score (nSPS) is 18.2. The number of carbonyl (C=O) groups is 1. The predicted octanol–water partition coefficient (Wildman–Crippen LogP) is 2.68. The molecule has 25 heavy (non-hydrogen) atoms. The number of aromatic nitrogens is 2. The fourth-order valence-electron chi connectivity index (χ4n) is 2.42. The zero-order chi connectivity index (χ0) is 18.2. The van der Waals surface area contributed by atoms with E-state index in [1.807, 2.05) is 27.7 Å². The van der Waals surface area contributed by atoms with Crippen LogP contribution in [0, 0.1) is 0 Å². The Hall–Kier alpha value is -1.96. The number of benzene rings is 1. The zero-order valence-corrected chi connectivity index (χ0v) is 15.3. The van der Waals surface area contributed by atoms with Gasteiger partial charge in [-0.3, -0.25) is 4.79 Å². The summed E-state index contributed by atoms with van der Waals surface area (Å²) in [5, 5.41) is 3.37. The van der Waals surface area contributed by atoms with Crippen LogP contribution in [0.25, 0.3) is 0 Å². The van der Waals surface area contributed by atoms with Crippen LogP contribution in [-0.4, -0.2) is 34.2 Å². The summed E-state index contributed by atoms with van der Waals surface area (Å²) >= 11 is 6.15.